The van der Waals surface area contributed by atoms with E-state index in [1.807, 2.05) is 26.4 Å². The number of aromatic nitrogens is 2. The summed E-state index contributed by atoms with van der Waals surface area (Å²) in [7, 11) is 0. The van der Waals surface area contributed by atoms with Crippen LogP contribution in [-0.2, 0) is 5.54 Å². The molecular formula is C13H23N3S. The fourth-order valence-corrected chi connectivity index (χ4v) is 3.78. The molecule has 17 heavy (non-hydrogen) atoms. The van der Waals surface area contributed by atoms with Gasteiger partial charge >= 0.3 is 0 Å². The average Bonchev–Trinajstić information content (AvgIpc) is 2.82. The van der Waals surface area contributed by atoms with Crippen LogP contribution in [0, 0.1) is 0 Å². The molecule has 0 radical (unpaired) electrons. The first-order valence-electron chi connectivity index (χ1n) is 6.45. The summed E-state index contributed by atoms with van der Waals surface area (Å²) in [5, 5.41) is 0.820. The Morgan fingerprint density at radius 3 is 2.94 bits per heavy atom. The van der Waals surface area contributed by atoms with Gasteiger partial charge in [0.1, 0.15) is 0 Å². The van der Waals surface area contributed by atoms with Gasteiger partial charge in [0, 0.05) is 17.5 Å². The summed E-state index contributed by atoms with van der Waals surface area (Å²) in [4.78, 5) is 4.28. The molecule has 1 fully saturated rings. The molecule has 1 aromatic rings. The summed E-state index contributed by atoms with van der Waals surface area (Å²) < 4.78 is 2.30. The predicted octanol–water partition coefficient (Wildman–Crippen LogP) is 2.92. The smallest absolute Gasteiger partial charge is 0.0951 e. The molecule has 0 spiro atoms. The molecule has 0 aromatic carbocycles. The Balaban J connectivity index is 2.11. The van der Waals surface area contributed by atoms with E-state index in [0.717, 1.165) is 10.9 Å². The summed E-state index contributed by atoms with van der Waals surface area (Å²) >= 11 is 2.09. The Morgan fingerprint density at radius 1 is 1.53 bits per heavy atom. The quantitative estimate of drug-likeness (QED) is 0.897. The van der Waals surface area contributed by atoms with Crippen LogP contribution < -0.4 is 5.73 Å². The van der Waals surface area contributed by atoms with Crippen LogP contribution in [0.2, 0.25) is 0 Å². The van der Waals surface area contributed by atoms with Gasteiger partial charge in [-0.1, -0.05) is 6.92 Å². The van der Waals surface area contributed by atoms with Gasteiger partial charge in [-0.25, -0.2) is 4.98 Å². The molecule has 96 valence electrons. The highest BCUT2D eigenvalue weighted by molar-refractivity contribution is 7.99. The van der Waals surface area contributed by atoms with Crippen LogP contribution in [-0.4, -0.2) is 20.6 Å². The van der Waals surface area contributed by atoms with Crippen LogP contribution in [0.1, 0.15) is 51.8 Å². The summed E-state index contributed by atoms with van der Waals surface area (Å²) in [5.41, 5.74) is 7.05. The van der Waals surface area contributed by atoms with E-state index in [0.29, 0.717) is 6.04 Å². The molecule has 2 unspecified atom stereocenters. The lowest BCUT2D eigenvalue weighted by Gasteiger charge is -2.24. The lowest BCUT2D eigenvalue weighted by atomic mass is 10.0. The zero-order valence-corrected chi connectivity index (χ0v) is 11.8. The second kappa shape index (κ2) is 5.02. The number of hydrogen-bond acceptors (Lipinski definition) is 3. The minimum absolute atomic E-state index is 0.299. The zero-order chi connectivity index (χ0) is 12.5. The molecule has 1 aliphatic carbocycles. The number of hydrogen-bond donors (Lipinski definition) is 1. The van der Waals surface area contributed by atoms with Gasteiger partial charge in [0.15, 0.2) is 0 Å². The van der Waals surface area contributed by atoms with Crippen molar-refractivity contribution < 1.29 is 0 Å². The number of rotatable bonds is 4. The van der Waals surface area contributed by atoms with Crippen molar-refractivity contribution in [2.24, 2.45) is 5.73 Å². The molecule has 3 nitrogen and oxygen atoms in total. The van der Waals surface area contributed by atoms with E-state index < -0.39 is 0 Å². The first-order valence-corrected chi connectivity index (χ1v) is 7.50. The van der Waals surface area contributed by atoms with Gasteiger partial charge in [0.2, 0.25) is 0 Å². The third kappa shape index (κ3) is 2.86. The van der Waals surface area contributed by atoms with Crippen molar-refractivity contribution in [2.75, 3.05) is 5.75 Å². The van der Waals surface area contributed by atoms with Crippen LogP contribution in [0.4, 0.5) is 0 Å². The van der Waals surface area contributed by atoms with Gasteiger partial charge in [-0.3, -0.25) is 0 Å². The van der Waals surface area contributed by atoms with Crippen molar-refractivity contribution in [1.29, 1.82) is 0 Å². The van der Waals surface area contributed by atoms with Crippen LogP contribution >= 0.6 is 11.8 Å². The molecule has 1 saturated carbocycles. The highest BCUT2D eigenvalue weighted by Gasteiger charge is 2.29. The fourth-order valence-electron chi connectivity index (χ4n) is 2.65. The minimum Gasteiger partial charge on any atom is -0.330 e. The molecule has 1 heterocycles. The van der Waals surface area contributed by atoms with Crippen LogP contribution in [0.3, 0.4) is 0 Å². The minimum atomic E-state index is -0.299. The topological polar surface area (TPSA) is 43.8 Å². The monoisotopic (exact) mass is 253 g/mol. The van der Waals surface area contributed by atoms with Crippen LogP contribution in [0.25, 0.3) is 0 Å². The maximum Gasteiger partial charge on any atom is 0.0951 e. The first kappa shape index (κ1) is 13.0. The van der Waals surface area contributed by atoms with E-state index >= 15 is 0 Å². The number of nitrogens with zero attached hydrogens (tertiary/aromatic N) is 2. The Kier molecular flexibility index (Phi) is 3.83. The fraction of sp³-hybridized carbons (Fsp3) is 0.769. The maximum atomic E-state index is 6.20. The van der Waals surface area contributed by atoms with Crippen molar-refractivity contribution in [1.82, 2.24) is 9.55 Å². The van der Waals surface area contributed by atoms with E-state index in [1.165, 1.54) is 25.0 Å². The molecule has 2 rings (SSSR count). The molecule has 1 aromatic heterocycles. The Morgan fingerprint density at radius 2 is 2.29 bits per heavy atom. The number of nitrogens with two attached hydrogens (primary N) is 1. The van der Waals surface area contributed by atoms with Crippen LogP contribution in [0.15, 0.2) is 12.5 Å². The van der Waals surface area contributed by atoms with Crippen LogP contribution in [0.5, 0.6) is 0 Å². The Hall–Kier alpha value is -0.480. The molecule has 0 bridgehead atoms. The maximum absolute atomic E-state index is 6.20. The van der Waals surface area contributed by atoms with Gasteiger partial charge in [-0.15, -0.1) is 0 Å². The SMILES string of the molecule is CCSC1CCC(n2cncc2C(C)(C)N)C1. The summed E-state index contributed by atoms with van der Waals surface area (Å²) in [6, 6.07) is 0.597. The van der Waals surface area contributed by atoms with Crippen molar-refractivity contribution >= 4 is 11.8 Å². The molecule has 0 amide bonds. The molecule has 0 aliphatic heterocycles. The van der Waals surface area contributed by atoms with E-state index in [9.17, 15) is 0 Å². The van der Waals surface area contributed by atoms with E-state index in [1.54, 1.807) is 0 Å². The summed E-state index contributed by atoms with van der Waals surface area (Å²) in [5.74, 6) is 1.22. The lowest BCUT2D eigenvalue weighted by Crippen LogP contribution is -2.32. The second-order valence-corrected chi connectivity index (χ2v) is 7.03. The summed E-state index contributed by atoms with van der Waals surface area (Å²) in [6.45, 7) is 6.34. The zero-order valence-electron chi connectivity index (χ0n) is 11.0. The largest absolute Gasteiger partial charge is 0.330 e. The molecule has 1 aliphatic rings. The Labute approximate surface area is 108 Å². The van der Waals surface area contributed by atoms with Gasteiger partial charge < -0.3 is 10.3 Å². The lowest BCUT2D eigenvalue weighted by molar-refractivity contribution is 0.436. The summed E-state index contributed by atoms with van der Waals surface area (Å²) in [6.07, 6.45) is 7.72. The number of imidazole rings is 1. The third-order valence-corrected chi connectivity index (χ3v) is 4.71. The van der Waals surface area contributed by atoms with Crippen molar-refractivity contribution in [2.45, 2.75) is 56.9 Å². The van der Waals surface area contributed by atoms with Gasteiger partial charge in [0.05, 0.1) is 17.6 Å². The van der Waals surface area contributed by atoms with Crippen molar-refractivity contribution in [3.8, 4) is 0 Å². The van der Waals surface area contributed by atoms with Gasteiger partial charge in [-0.05, 0) is 38.9 Å². The van der Waals surface area contributed by atoms with Crippen molar-refractivity contribution in [3.05, 3.63) is 18.2 Å². The highest BCUT2D eigenvalue weighted by atomic mass is 32.2. The molecule has 4 heteroatoms. The van der Waals surface area contributed by atoms with E-state index in [-0.39, 0.29) is 5.54 Å². The number of thioether (sulfide) groups is 1. The second-order valence-electron chi connectivity index (χ2n) is 5.45. The van der Waals surface area contributed by atoms with Crippen molar-refractivity contribution in [3.63, 3.8) is 0 Å². The van der Waals surface area contributed by atoms with Gasteiger partial charge in [-0.2, -0.15) is 11.8 Å². The standard InChI is InChI=1S/C13H23N3S/c1-4-17-11-6-5-10(7-11)16-9-15-8-12(16)13(2,3)14/h8-11H,4-7,14H2,1-3H3. The first-order chi connectivity index (χ1) is 8.02. The molecule has 0 saturated heterocycles. The third-order valence-electron chi connectivity index (χ3n) is 3.48. The molecule has 2 N–H and O–H groups in total. The average molecular weight is 253 g/mol. The Bertz CT molecular complexity index is 367. The van der Waals surface area contributed by atoms with Gasteiger partial charge in [0.25, 0.3) is 0 Å². The normalized spacial score (nSPS) is 25.4. The molecule has 2 atom stereocenters. The highest BCUT2D eigenvalue weighted by Crippen LogP contribution is 2.38. The van der Waals surface area contributed by atoms with E-state index in [4.69, 9.17) is 5.73 Å². The van der Waals surface area contributed by atoms with E-state index in [2.05, 4.69) is 28.2 Å². The predicted molar refractivity (Wildman–Crippen MR) is 74.2 cm³/mol. The molecular weight excluding hydrogens is 230 g/mol.